The van der Waals surface area contributed by atoms with Gasteiger partial charge in [-0.3, -0.25) is 4.79 Å². The van der Waals surface area contributed by atoms with E-state index >= 15 is 0 Å². The minimum Gasteiger partial charge on any atom is -0.396 e. The maximum Gasteiger partial charge on any atom is 0.165 e. The third-order valence-electron chi connectivity index (χ3n) is 9.86. The van der Waals surface area contributed by atoms with E-state index in [9.17, 15) is 9.90 Å². The first kappa shape index (κ1) is 19.3. The zero-order valence-electron chi connectivity index (χ0n) is 17.6. The molecule has 0 aromatic rings. The van der Waals surface area contributed by atoms with Gasteiger partial charge in [-0.05, 0) is 87.5 Å². The minimum atomic E-state index is -0.385. The molecule has 0 amide bonds. The van der Waals surface area contributed by atoms with Gasteiger partial charge in [0.1, 0.15) is 0 Å². The van der Waals surface area contributed by atoms with Crippen molar-refractivity contribution in [2.75, 3.05) is 19.8 Å². The smallest absolute Gasteiger partial charge is 0.165 e. The number of rotatable bonds is 2. The predicted octanol–water partition coefficient (Wildman–Crippen LogP) is 3.48. The Labute approximate surface area is 169 Å². The van der Waals surface area contributed by atoms with E-state index in [4.69, 9.17) is 4.74 Å². The molecule has 4 saturated carbocycles. The van der Waals surface area contributed by atoms with Gasteiger partial charge in [-0.25, -0.2) is 0 Å². The van der Waals surface area contributed by atoms with E-state index in [1.54, 1.807) is 0 Å². The van der Waals surface area contributed by atoms with Crippen LogP contribution in [0.1, 0.15) is 65.2 Å². The molecule has 0 aromatic heterocycles. The average Bonchev–Trinajstić information content (AvgIpc) is 3.50. The first-order chi connectivity index (χ1) is 13.4. The fourth-order valence-corrected chi connectivity index (χ4v) is 8.53. The van der Waals surface area contributed by atoms with Gasteiger partial charge in [0.2, 0.25) is 0 Å². The molecular formula is C24H37NO3. The first-order valence-electron chi connectivity index (χ1n) is 11.6. The summed E-state index contributed by atoms with van der Waals surface area (Å²) >= 11 is 0. The molecule has 0 radical (unpaired) electrons. The number of carbonyl (C=O) groups is 1. The molecule has 0 bridgehead atoms. The van der Waals surface area contributed by atoms with Crippen molar-refractivity contribution in [3.63, 3.8) is 0 Å². The van der Waals surface area contributed by atoms with E-state index in [1.807, 2.05) is 0 Å². The van der Waals surface area contributed by atoms with Gasteiger partial charge in [-0.15, -0.1) is 0 Å². The van der Waals surface area contributed by atoms with Crippen molar-refractivity contribution in [2.45, 2.75) is 76.8 Å². The second kappa shape index (κ2) is 6.39. The van der Waals surface area contributed by atoms with Gasteiger partial charge >= 0.3 is 0 Å². The summed E-state index contributed by atoms with van der Waals surface area (Å²) in [5.41, 5.74) is 0.287. The number of morpholine rings is 1. The van der Waals surface area contributed by atoms with Gasteiger partial charge in [0.25, 0.3) is 0 Å². The highest BCUT2D eigenvalue weighted by atomic mass is 16.5. The number of ether oxygens (including phenoxy) is 1. The molecule has 5 aliphatic rings. The number of Topliss-reactive ketones (excluding diaryl/α,β-unsaturated/α-hetero) is 1. The van der Waals surface area contributed by atoms with Crippen LogP contribution in [0.25, 0.3) is 0 Å². The quantitative estimate of drug-likeness (QED) is 0.712. The average molecular weight is 388 g/mol. The Morgan fingerprint density at radius 1 is 1.21 bits per heavy atom. The second-order valence-corrected chi connectivity index (χ2v) is 10.8. The molecule has 1 saturated heterocycles. The second-order valence-electron chi connectivity index (χ2n) is 10.8. The van der Waals surface area contributed by atoms with Crippen LogP contribution >= 0.6 is 0 Å². The largest absolute Gasteiger partial charge is 0.396 e. The van der Waals surface area contributed by atoms with E-state index in [1.165, 1.54) is 6.42 Å². The van der Waals surface area contributed by atoms with Crippen LogP contribution in [-0.4, -0.2) is 42.3 Å². The fourth-order valence-electron chi connectivity index (χ4n) is 8.53. The molecule has 28 heavy (non-hydrogen) atoms. The molecule has 8 unspecified atom stereocenters. The Hall–Kier alpha value is -0.710. The van der Waals surface area contributed by atoms with E-state index in [2.05, 4.69) is 25.7 Å². The van der Waals surface area contributed by atoms with Gasteiger partial charge in [0, 0.05) is 29.0 Å². The summed E-state index contributed by atoms with van der Waals surface area (Å²) in [5, 5.41) is 14.8. The van der Waals surface area contributed by atoms with Gasteiger partial charge < -0.3 is 15.2 Å². The lowest BCUT2D eigenvalue weighted by Crippen LogP contribution is -2.61. The van der Waals surface area contributed by atoms with Crippen molar-refractivity contribution in [2.24, 2.45) is 34.5 Å². The van der Waals surface area contributed by atoms with Gasteiger partial charge in [0.15, 0.2) is 5.78 Å². The number of ketones is 1. The van der Waals surface area contributed by atoms with E-state index in [-0.39, 0.29) is 28.8 Å². The molecular weight excluding hydrogens is 350 g/mol. The normalized spacial score (nSPS) is 53.2. The van der Waals surface area contributed by atoms with Crippen molar-refractivity contribution in [1.82, 2.24) is 5.32 Å². The van der Waals surface area contributed by atoms with Crippen LogP contribution in [0.2, 0.25) is 0 Å². The molecule has 4 heteroatoms. The van der Waals surface area contributed by atoms with Crippen LogP contribution in [0.3, 0.4) is 0 Å². The fraction of sp³-hybridized carbons (Fsp3) is 0.875. The molecule has 0 aromatic carbocycles. The van der Waals surface area contributed by atoms with Gasteiger partial charge in [-0.2, -0.15) is 0 Å². The number of aliphatic hydroxyl groups is 1. The summed E-state index contributed by atoms with van der Waals surface area (Å²) in [6.07, 6.45) is 8.17. The minimum absolute atomic E-state index is 0.119. The molecule has 5 fully saturated rings. The maximum absolute atomic E-state index is 13.4. The van der Waals surface area contributed by atoms with Crippen LogP contribution in [0, 0.1) is 34.5 Å². The van der Waals surface area contributed by atoms with Crippen molar-refractivity contribution in [3.05, 3.63) is 12.2 Å². The van der Waals surface area contributed by atoms with Crippen molar-refractivity contribution in [1.29, 1.82) is 0 Å². The van der Waals surface area contributed by atoms with Crippen LogP contribution in [0.15, 0.2) is 12.2 Å². The van der Waals surface area contributed by atoms with Gasteiger partial charge in [-0.1, -0.05) is 13.5 Å². The standard InChI is InChI=1S/C24H37NO3/c1-4-22-9-6-17-18-11-20(18)24(14-28-12-16(3)25-24)10-7-19(17)23(22,13-26)8-5-15(2)21(22)27/h16-20,25-26H,2,4-14H2,1,3H3. The molecule has 8 atom stereocenters. The number of fused-ring (bicyclic) bond motifs is 6. The first-order valence-corrected chi connectivity index (χ1v) is 11.6. The van der Waals surface area contributed by atoms with E-state index in [0.717, 1.165) is 69.7 Å². The monoisotopic (exact) mass is 387 g/mol. The van der Waals surface area contributed by atoms with E-state index in [0.29, 0.717) is 23.8 Å². The summed E-state index contributed by atoms with van der Waals surface area (Å²) in [7, 11) is 0. The number of nitrogens with one attached hydrogen (secondary N) is 1. The molecule has 1 spiro atoms. The Morgan fingerprint density at radius 3 is 2.75 bits per heavy atom. The molecule has 1 heterocycles. The summed E-state index contributed by atoms with van der Waals surface area (Å²) in [4.78, 5) is 13.4. The molecule has 156 valence electrons. The summed E-state index contributed by atoms with van der Waals surface area (Å²) in [6.45, 7) is 10.3. The topological polar surface area (TPSA) is 58.6 Å². The third-order valence-corrected chi connectivity index (χ3v) is 9.86. The van der Waals surface area contributed by atoms with Crippen LogP contribution in [0.4, 0.5) is 0 Å². The van der Waals surface area contributed by atoms with Gasteiger partial charge in [0.05, 0.1) is 13.2 Å². The highest BCUT2D eigenvalue weighted by molar-refractivity contribution is 6.01. The molecule has 4 aliphatic carbocycles. The number of hydrogen-bond donors (Lipinski definition) is 2. The number of carbonyl (C=O) groups excluding carboxylic acids is 1. The van der Waals surface area contributed by atoms with Crippen molar-refractivity contribution >= 4 is 5.78 Å². The summed E-state index contributed by atoms with van der Waals surface area (Å²) < 4.78 is 6.03. The van der Waals surface area contributed by atoms with Crippen molar-refractivity contribution in [3.8, 4) is 0 Å². The lowest BCUT2D eigenvalue weighted by molar-refractivity contribution is -0.169. The van der Waals surface area contributed by atoms with Crippen LogP contribution in [0.5, 0.6) is 0 Å². The highest BCUT2D eigenvalue weighted by Gasteiger charge is 2.69. The maximum atomic E-state index is 13.4. The zero-order chi connectivity index (χ0) is 19.7. The lowest BCUT2D eigenvalue weighted by Gasteiger charge is -2.61. The summed E-state index contributed by atoms with van der Waals surface area (Å²) in [6, 6.07) is 0.413. The number of allylic oxidation sites excluding steroid dienone is 1. The van der Waals surface area contributed by atoms with Crippen LogP contribution in [-0.2, 0) is 9.53 Å². The van der Waals surface area contributed by atoms with Crippen LogP contribution < -0.4 is 5.32 Å². The zero-order valence-corrected chi connectivity index (χ0v) is 17.6. The molecule has 5 rings (SSSR count). The molecule has 1 aliphatic heterocycles. The SMILES string of the molecule is C=C1CCC2(CO)C3CCC4(COCC(C)N4)C4CC4C3CCC2(CC)C1=O. The molecule has 4 nitrogen and oxygen atoms in total. The Bertz CT molecular complexity index is 691. The Balaban J connectivity index is 1.53. The number of hydrogen-bond acceptors (Lipinski definition) is 4. The summed E-state index contributed by atoms with van der Waals surface area (Å²) in [5.74, 6) is 2.84. The Morgan fingerprint density at radius 2 is 2.04 bits per heavy atom. The highest BCUT2D eigenvalue weighted by Crippen LogP contribution is 2.70. The number of aliphatic hydroxyl groups excluding tert-OH is 1. The Kier molecular flexibility index (Phi) is 4.40. The third kappa shape index (κ3) is 2.31. The predicted molar refractivity (Wildman–Crippen MR) is 109 cm³/mol. The van der Waals surface area contributed by atoms with E-state index < -0.39 is 0 Å². The molecule has 2 N–H and O–H groups in total. The van der Waals surface area contributed by atoms with Crippen molar-refractivity contribution < 1.29 is 14.6 Å². The lowest BCUT2D eigenvalue weighted by atomic mass is 9.42.